The van der Waals surface area contributed by atoms with Crippen LogP contribution in [0.4, 0.5) is 24.5 Å². The minimum absolute atomic E-state index is 0.196. The van der Waals surface area contributed by atoms with Gasteiger partial charge in [-0.25, -0.2) is 8.42 Å². The lowest BCUT2D eigenvalue weighted by molar-refractivity contribution is -0.137. The van der Waals surface area contributed by atoms with E-state index in [1.54, 1.807) is 12.1 Å². The molecule has 3 rings (SSSR count). The third-order valence-electron chi connectivity index (χ3n) is 4.03. The quantitative estimate of drug-likeness (QED) is 0.812. The number of nitrogens with zero attached hydrogens (tertiary/aromatic N) is 1. The Hall–Kier alpha value is -1.97. The molecule has 1 saturated heterocycles. The van der Waals surface area contributed by atoms with Gasteiger partial charge in [-0.2, -0.15) is 13.2 Å². The molecule has 1 aliphatic rings. The Morgan fingerprint density at radius 3 is 2.41 bits per heavy atom. The topological polar surface area (TPSA) is 58.6 Å². The Kier molecular flexibility index (Phi) is 5.55. The van der Waals surface area contributed by atoms with E-state index in [1.807, 2.05) is 4.90 Å². The van der Waals surface area contributed by atoms with E-state index in [0.717, 1.165) is 18.2 Å². The lowest BCUT2D eigenvalue weighted by Gasteiger charge is -2.31. The van der Waals surface area contributed by atoms with E-state index in [1.165, 1.54) is 6.07 Å². The summed E-state index contributed by atoms with van der Waals surface area (Å²) in [6.07, 6.45) is -4.64. The molecule has 0 amide bonds. The van der Waals surface area contributed by atoms with Gasteiger partial charge >= 0.3 is 6.18 Å². The zero-order valence-corrected chi connectivity index (χ0v) is 15.5. The van der Waals surface area contributed by atoms with Crippen LogP contribution in [-0.2, 0) is 20.9 Å². The van der Waals surface area contributed by atoms with Crippen molar-refractivity contribution < 1.29 is 26.3 Å². The molecule has 0 unspecified atom stereocenters. The number of para-hydroxylation sites is 1. The van der Waals surface area contributed by atoms with Crippen molar-refractivity contribution in [2.24, 2.45) is 0 Å². The van der Waals surface area contributed by atoms with Crippen LogP contribution in [0, 0.1) is 0 Å². The molecular formula is C17H16ClF3N2O3S. The van der Waals surface area contributed by atoms with E-state index in [9.17, 15) is 21.6 Å². The highest BCUT2D eigenvalue weighted by molar-refractivity contribution is 7.92. The van der Waals surface area contributed by atoms with Crippen molar-refractivity contribution in [3.63, 3.8) is 0 Å². The maximum atomic E-state index is 12.9. The van der Waals surface area contributed by atoms with E-state index in [0.29, 0.717) is 43.1 Å². The highest BCUT2D eigenvalue weighted by atomic mass is 35.5. The number of hydrogen-bond acceptors (Lipinski definition) is 4. The molecule has 0 bridgehead atoms. The Bertz CT molecular complexity index is 929. The Morgan fingerprint density at radius 1 is 1.07 bits per heavy atom. The fraction of sp³-hybridized carbons (Fsp3) is 0.294. The van der Waals surface area contributed by atoms with Gasteiger partial charge < -0.3 is 9.64 Å². The number of anilines is 2. The van der Waals surface area contributed by atoms with Crippen LogP contribution in [0.15, 0.2) is 47.4 Å². The van der Waals surface area contributed by atoms with Crippen LogP contribution in [0.5, 0.6) is 0 Å². The lowest BCUT2D eigenvalue weighted by atomic mass is 10.2. The number of halogens is 4. The number of rotatable bonds is 4. The second-order valence-corrected chi connectivity index (χ2v) is 7.96. The van der Waals surface area contributed by atoms with E-state index < -0.39 is 26.7 Å². The number of hydrogen-bond donors (Lipinski definition) is 1. The fourth-order valence-corrected chi connectivity index (χ4v) is 4.16. The van der Waals surface area contributed by atoms with E-state index in [4.69, 9.17) is 16.3 Å². The molecule has 0 radical (unpaired) electrons. The zero-order chi connectivity index (χ0) is 19.7. The third-order valence-corrected chi connectivity index (χ3v) is 5.70. The molecule has 2 aromatic carbocycles. The van der Waals surface area contributed by atoms with Gasteiger partial charge in [-0.15, -0.1) is 0 Å². The summed E-state index contributed by atoms with van der Waals surface area (Å²) >= 11 is 6.26. The molecule has 2 aromatic rings. The van der Waals surface area contributed by atoms with E-state index in [2.05, 4.69) is 4.72 Å². The highest BCUT2D eigenvalue weighted by Gasteiger charge is 2.32. The summed E-state index contributed by atoms with van der Waals surface area (Å²) in [4.78, 5) is 1.39. The molecule has 1 aliphatic heterocycles. The first kappa shape index (κ1) is 19.8. The largest absolute Gasteiger partial charge is 0.416 e. The molecule has 1 fully saturated rings. The summed E-state index contributed by atoms with van der Waals surface area (Å²) in [6.45, 7) is 1.96. The Morgan fingerprint density at radius 2 is 1.74 bits per heavy atom. The molecule has 146 valence electrons. The number of alkyl halides is 3. The van der Waals surface area contributed by atoms with Crippen LogP contribution >= 0.6 is 11.6 Å². The number of nitrogens with one attached hydrogen (secondary N) is 1. The van der Waals surface area contributed by atoms with Crippen molar-refractivity contribution >= 4 is 33.0 Å². The normalized spacial score (nSPS) is 15.6. The van der Waals surface area contributed by atoms with Crippen molar-refractivity contribution in [3.8, 4) is 0 Å². The number of ether oxygens (including phenoxy) is 1. The first-order valence-corrected chi connectivity index (χ1v) is 9.86. The first-order chi connectivity index (χ1) is 12.7. The summed E-state index contributed by atoms with van der Waals surface area (Å²) < 4.78 is 71.6. The van der Waals surface area contributed by atoms with Gasteiger partial charge in [0.15, 0.2) is 0 Å². The van der Waals surface area contributed by atoms with Gasteiger partial charge in [-0.1, -0.05) is 23.7 Å². The molecule has 0 aromatic heterocycles. The minimum atomic E-state index is -4.64. The zero-order valence-electron chi connectivity index (χ0n) is 14.0. The van der Waals surface area contributed by atoms with Gasteiger partial charge in [0.1, 0.15) is 0 Å². The van der Waals surface area contributed by atoms with Crippen LogP contribution in [0.3, 0.4) is 0 Å². The fourth-order valence-electron chi connectivity index (χ4n) is 2.75. The summed E-state index contributed by atoms with van der Waals surface area (Å²) in [7, 11) is -4.24. The number of morpholine rings is 1. The Labute approximate surface area is 159 Å². The molecule has 1 N–H and O–H groups in total. The molecule has 1 heterocycles. The average Bonchev–Trinajstić information content (AvgIpc) is 2.62. The smallest absolute Gasteiger partial charge is 0.378 e. The highest BCUT2D eigenvalue weighted by Crippen LogP contribution is 2.36. The molecule has 0 atom stereocenters. The molecule has 0 aliphatic carbocycles. The van der Waals surface area contributed by atoms with Crippen LogP contribution in [-0.4, -0.2) is 34.7 Å². The second-order valence-electron chi connectivity index (χ2n) is 5.87. The maximum absolute atomic E-state index is 12.9. The van der Waals surface area contributed by atoms with Crippen molar-refractivity contribution in [3.05, 3.63) is 53.1 Å². The molecule has 10 heteroatoms. The van der Waals surface area contributed by atoms with Crippen molar-refractivity contribution in [2.75, 3.05) is 35.9 Å². The monoisotopic (exact) mass is 420 g/mol. The van der Waals surface area contributed by atoms with Gasteiger partial charge in [0, 0.05) is 13.1 Å². The SMILES string of the molecule is O=S(=O)(Nc1cccc(Cl)c1N1CCOCC1)c1cccc(C(F)(F)F)c1. The number of sulfonamides is 1. The van der Waals surface area contributed by atoms with Crippen LogP contribution in [0.25, 0.3) is 0 Å². The number of benzene rings is 2. The standard InChI is InChI=1S/C17H16ClF3N2O3S/c18-14-5-2-6-15(16(14)23-7-9-26-10-8-23)22-27(24,25)13-4-1-3-12(11-13)17(19,20)21/h1-6,11,22H,7-10H2. The van der Waals surface area contributed by atoms with E-state index >= 15 is 0 Å². The minimum Gasteiger partial charge on any atom is -0.378 e. The predicted octanol–water partition coefficient (Wildman–Crippen LogP) is 4.00. The lowest BCUT2D eigenvalue weighted by Crippen LogP contribution is -2.37. The summed E-state index contributed by atoms with van der Waals surface area (Å²) in [5, 5.41) is 0.334. The Balaban J connectivity index is 1.96. The van der Waals surface area contributed by atoms with E-state index in [-0.39, 0.29) is 5.69 Å². The molecule has 27 heavy (non-hydrogen) atoms. The molecule has 0 saturated carbocycles. The van der Waals surface area contributed by atoms with Gasteiger partial charge in [-0.3, -0.25) is 4.72 Å². The molecule has 5 nitrogen and oxygen atoms in total. The summed E-state index contributed by atoms with van der Waals surface area (Å²) in [6, 6.07) is 8.28. The maximum Gasteiger partial charge on any atom is 0.416 e. The second kappa shape index (κ2) is 7.57. The van der Waals surface area contributed by atoms with Crippen LogP contribution in [0.1, 0.15) is 5.56 Å². The van der Waals surface area contributed by atoms with Crippen molar-refractivity contribution in [1.82, 2.24) is 0 Å². The molecule has 0 spiro atoms. The molecular weight excluding hydrogens is 405 g/mol. The van der Waals surface area contributed by atoms with Gasteiger partial charge in [-0.05, 0) is 30.3 Å². The van der Waals surface area contributed by atoms with Crippen LogP contribution < -0.4 is 9.62 Å². The summed E-state index contributed by atoms with van der Waals surface area (Å²) in [5.74, 6) is 0. The van der Waals surface area contributed by atoms with Gasteiger partial charge in [0.2, 0.25) is 0 Å². The van der Waals surface area contributed by atoms with Gasteiger partial charge in [0.25, 0.3) is 10.0 Å². The average molecular weight is 421 g/mol. The van der Waals surface area contributed by atoms with Crippen molar-refractivity contribution in [1.29, 1.82) is 0 Å². The predicted molar refractivity (Wildman–Crippen MR) is 96.7 cm³/mol. The van der Waals surface area contributed by atoms with Crippen molar-refractivity contribution in [2.45, 2.75) is 11.1 Å². The first-order valence-electron chi connectivity index (χ1n) is 8.00. The summed E-state index contributed by atoms with van der Waals surface area (Å²) in [5.41, 5.74) is -0.371. The third kappa shape index (κ3) is 4.48. The van der Waals surface area contributed by atoms with Gasteiger partial charge in [0.05, 0.1) is 40.1 Å². The van der Waals surface area contributed by atoms with Crippen LogP contribution in [0.2, 0.25) is 5.02 Å².